The maximum Gasteiger partial charge on any atom is 0.123 e. The summed E-state index contributed by atoms with van der Waals surface area (Å²) in [4.78, 5) is 2.08. The Labute approximate surface area is 151 Å². The van der Waals surface area contributed by atoms with E-state index in [4.69, 9.17) is 9.84 Å². The van der Waals surface area contributed by atoms with Crippen LogP contribution in [0.4, 0.5) is 4.39 Å². The van der Waals surface area contributed by atoms with E-state index in [9.17, 15) is 4.39 Å². The summed E-state index contributed by atoms with van der Waals surface area (Å²) in [5, 5.41) is 12.1. The number of hydrogen-bond donors (Lipinski definition) is 1. The van der Waals surface area contributed by atoms with Crippen molar-refractivity contribution in [1.29, 1.82) is 0 Å². The first-order valence-electron chi connectivity index (χ1n) is 8.37. The molecule has 0 aliphatic rings. The summed E-state index contributed by atoms with van der Waals surface area (Å²) in [6.45, 7) is 2.42. The number of rotatable bonds is 8. The van der Waals surface area contributed by atoms with Gasteiger partial charge in [-0.25, -0.2) is 4.39 Å². The predicted molar refractivity (Wildman–Crippen MR) is 102 cm³/mol. The monoisotopic (exact) mass is 359 g/mol. The maximum atomic E-state index is 13.1. The van der Waals surface area contributed by atoms with Crippen LogP contribution >= 0.6 is 11.3 Å². The van der Waals surface area contributed by atoms with Crippen LogP contribution in [0.3, 0.4) is 0 Å². The highest BCUT2D eigenvalue weighted by Gasteiger charge is 2.08. The molecule has 0 fully saturated rings. The Morgan fingerprint density at radius 3 is 2.68 bits per heavy atom. The van der Waals surface area contributed by atoms with Crippen molar-refractivity contribution in [3.63, 3.8) is 0 Å². The van der Waals surface area contributed by atoms with Crippen LogP contribution in [0.2, 0.25) is 0 Å². The molecular formula is C20H22FNO2S. The Balaban J connectivity index is 1.64. The number of hydrogen-bond acceptors (Lipinski definition) is 4. The summed E-state index contributed by atoms with van der Waals surface area (Å²) < 4.78 is 20.1. The Morgan fingerprint density at radius 2 is 1.92 bits per heavy atom. The topological polar surface area (TPSA) is 32.7 Å². The Kier molecular flexibility index (Phi) is 6.02. The van der Waals surface area contributed by atoms with E-state index in [1.54, 1.807) is 11.3 Å². The van der Waals surface area contributed by atoms with Crippen molar-refractivity contribution >= 4 is 21.4 Å². The number of benzene rings is 2. The highest BCUT2D eigenvalue weighted by atomic mass is 32.1. The van der Waals surface area contributed by atoms with Gasteiger partial charge in [-0.3, -0.25) is 0 Å². The molecule has 0 saturated heterocycles. The molecule has 0 atom stereocenters. The standard InChI is InChI=1S/C20H22FNO2S/c1-22(10-11-23)9-2-12-24-17-7-8-18-19(14-25-20(18)13-17)15-3-5-16(21)6-4-15/h3-8,13-14,23H,2,9-12H2,1H3. The SMILES string of the molecule is CN(CCO)CCCOc1ccc2c(-c3ccc(F)cc3)csc2c1. The Morgan fingerprint density at radius 1 is 1.12 bits per heavy atom. The number of thiophene rings is 1. The summed E-state index contributed by atoms with van der Waals surface area (Å²) in [6.07, 6.45) is 0.916. The second kappa shape index (κ2) is 8.43. The molecule has 1 N–H and O–H groups in total. The molecule has 0 bridgehead atoms. The second-order valence-electron chi connectivity index (χ2n) is 6.04. The lowest BCUT2D eigenvalue weighted by atomic mass is 10.0. The molecule has 3 nitrogen and oxygen atoms in total. The predicted octanol–water partition coefficient (Wildman–Crippen LogP) is 4.40. The highest BCUT2D eigenvalue weighted by molar-refractivity contribution is 7.17. The molecule has 0 saturated carbocycles. The van der Waals surface area contributed by atoms with Crippen molar-refractivity contribution in [2.24, 2.45) is 0 Å². The van der Waals surface area contributed by atoms with Crippen molar-refractivity contribution < 1.29 is 14.2 Å². The molecule has 0 unspecified atom stereocenters. The van der Waals surface area contributed by atoms with Crippen LogP contribution in [0.5, 0.6) is 5.75 Å². The molecule has 25 heavy (non-hydrogen) atoms. The lowest BCUT2D eigenvalue weighted by molar-refractivity contribution is 0.207. The summed E-state index contributed by atoms with van der Waals surface area (Å²) in [5.41, 5.74) is 2.14. The van der Waals surface area contributed by atoms with E-state index < -0.39 is 0 Å². The van der Waals surface area contributed by atoms with Crippen molar-refractivity contribution in [3.05, 3.63) is 53.7 Å². The maximum absolute atomic E-state index is 13.1. The molecule has 0 amide bonds. The summed E-state index contributed by atoms with van der Waals surface area (Å²) in [6, 6.07) is 12.7. The minimum atomic E-state index is -0.219. The van der Waals surface area contributed by atoms with Crippen molar-refractivity contribution in [2.75, 3.05) is 33.4 Å². The third-order valence-electron chi connectivity index (χ3n) is 4.14. The first-order chi connectivity index (χ1) is 12.2. The largest absolute Gasteiger partial charge is 0.493 e. The molecular weight excluding hydrogens is 337 g/mol. The number of likely N-dealkylation sites (N-methyl/N-ethyl adjacent to an activating group) is 1. The summed E-state index contributed by atoms with van der Waals surface area (Å²) in [7, 11) is 1.99. The first-order valence-corrected chi connectivity index (χ1v) is 9.25. The Bertz CT molecular complexity index is 816. The van der Waals surface area contributed by atoms with Gasteiger partial charge in [0.1, 0.15) is 11.6 Å². The second-order valence-corrected chi connectivity index (χ2v) is 6.95. The van der Waals surface area contributed by atoms with Gasteiger partial charge in [-0.15, -0.1) is 11.3 Å². The molecule has 3 rings (SSSR count). The van der Waals surface area contributed by atoms with Crippen LogP contribution in [0, 0.1) is 5.82 Å². The van der Waals surface area contributed by atoms with E-state index in [1.165, 1.54) is 12.1 Å². The van der Waals surface area contributed by atoms with Gasteiger partial charge in [-0.2, -0.15) is 0 Å². The van der Waals surface area contributed by atoms with Gasteiger partial charge in [0.05, 0.1) is 13.2 Å². The molecule has 2 aromatic carbocycles. The molecule has 132 valence electrons. The zero-order valence-electron chi connectivity index (χ0n) is 14.2. The third kappa shape index (κ3) is 4.57. The lowest BCUT2D eigenvalue weighted by Crippen LogP contribution is -2.24. The quantitative estimate of drug-likeness (QED) is 0.605. The fourth-order valence-corrected chi connectivity index (χ4v) is 3.76. The van der Waals surface area contributed by atoms with Gasteiger partial charge in [-0.05, 0) is 54.7 Å². The van der Waals surface area contributed by atoms with E-state index in [0.717, 1.165) is 39.9 Å². The summed E-state index contributed by atoms with van der Waals surface area (Å²) >= 11 is 1.67. The van der Waals surface area contributed by atoms with Gasteiger partial charge >= 0.3 is 0 Å². The normalized spacial score (nSPS) is 11.4. The number of aliphatic hydroxyl groups is 1. The zero-order chi connectivity index (χ0) is 17.6. The zero-order valence-corrected chi connectivity index (χ0v) is 15.1. The molecule has 1 aromatic heterocycles. The van der Waals surface area contributed by atoms with Gasteiger partial charge < -0.3 is 14.7 Å². The fraction of sp³-hybridized carbons (Fsp3) is 0.300. The van der Waals surface area contributed by atoms with Crippen molar-refractivity contribution in [3.8, 4) is 16.9 Å². The first kappa shape index (κ1) is 17.9. The number of fused-ring (bicyclic) bond motifs is 1. The van der Waals surface area contributed by atoms with Crippen LogP contribution in [0.1, 0.15) is 6.42 Å². The average Bonchev–Trinajstić information content (AvgIpc) is 3.03. The minimum Gasteiger partial charge on any atom is -0.493 e. The molecule has 0 radical (unpaired) electrons. The number of halogens is 1. The molecule has 3 aromatic rings. The number of nitrogens with zero attached hydrogens (tertiary/aromatic N) is 1. The summed E-state index contributed by atoms with van der Waals surface area (Å²) in [5.74, 6) is 0.647. The Hall–Kier alpha value is -1.95. The van der Waals surface area contributed by atoms with Gasteiger partial charge in [0.25, 0.3) is 0 Å². The van der Waals surface area contributed by atoms with Gasteiger partial charge in [0.15, 0.2) is 0 Å². The van der Waals surface area contributed by atoms with Crippen molar-refractivity contribution in [2.45, 2.75) is 6.42 Å². The van der Waals surface area contributed by atoms with E-state index in [1.807, 2.05) is 25.2 Å². The number of ether oxygens (including phenoxy) is 1. The number of aliphatic hydroxyl groups excluding tert-OH is 1. The minimum absolute atomic E-state index is 0.183. The average molecular weight is 359 g/mol. The van der Waals surface area contributed by atoms with Crippen LogP contribution < -0.4 is 4.74 Å². The smallest absolute Gasteiger partial charge is 0.123 e. The van der Waals surface area contributed by atoms with Gasteiger partial charge in [0.2, 0.25) is 0 Å². The molecule has 0 aliphatic carbocycles. The fourth-order valence-electron chi connectivity index (χ4n) is 2.76. The van der Waals surface area contributed by atoms with E-state index in [0.29, 0.717) is 13.2 Å². The van der Waals surface area contributed by atoms with E-state index in [-0.39, 0.29) is 12.4 Å². The highest BCUT2D eigenvalue weighted by Crippen LogP contribution is 2.36. The van der Waals surface area contributed by atoms with Crippen molar-refractivity contribution in [1.82, 2.24) is 4.90 Å². The van der Waals surface area contributed by atoms with Gasteiger partial charge in [-0.1, -0.05) is 12.1 Å². The van der Waals surface area contributed by atoms with Crippen LogP contribution in [-0.2, 0) is 0 Å². The lowest BCUT2D eigenvalue weighted by Gasteiger charge is -2.14. The van der Waals surface area contributed by atoms with Crippen LogP contribution in [-0.4, -0.2) is 43.4 Å². The van der Waals surface area contributed by atoms with E-state index in [2.05, 4.69) is 22.4 Å². The molecule has 0 aliphatic heterocycles. The van der Waals surface area contributed by atoms with Crippen LogP contribution in [0.25, 0.3) is 21.2 Å². The molecule has 0 spiro atoms. The van der Waals surface area contributed by atoms with Crippen LogP contribution in [0.15, 0.2) is 47.8 Å². The van der Waals surface area contributed by atoms with Gasteiger partial charge in [0, 0.05) is 28.7 Å². The molecule has 5 heteroatoms. The third-order valence-corrected chi connectivity index (χ3v) is 5.08. The van der Waals surface area contributed by atoms with E-state index >= 15 is 0 Å². The molecule has 1 heterocycles.